The number of ether oxygens (including phenoxy) is 2. The Hall–Kier alpha value is -1.39. The molecule has 18 heavy (non-hydrogen) atoms. The second-order valence-electron chi connectivity index (χ2n) is 4.45. The first-order chi connectivity index (χ1) is 8.76. The molecule has 1 saturated heterocycles. The number of carbonyl (C=O) groups is 1. The van der Waals surface area contributed by atoms with Crippen LogP contribution in [0.15, 0.2) is 30.3 Å². The van der Waals surface area contributed by atoms with Crippen LogP contribution in [-0.4, -0.2) is 37.4 Å². The summed E-state index contributed by atoms with van der Waals surface area (Å²) in [6.07, 6.45) is 0.900. The van der Waals surface area contributed by atoms with Gasteiger partial charge in [-0.3, -0.25) is 4.79 Å². The second-order valence-corrected chi connectivity index (χ2v) is 4.45. The van der Waals surface area contributed by atoms with Crippen molar-refractivity contribution in [2.45, 2.75) is 31.7 Å². The Morgan fingerprint density at radius 1 is 1.22 bits per heavy atom. The zero-order valence-electron chi connectivity index (χ0n) is 10.8. The number of methoxy groups -OCH3 is 2. The van der Waals surface area contributed by atoms with Crippen molar-refractivity contribution in [3.8, 4) is 0 Å². The van der Waals surface area contributed by atoms with Crippen LogP contribution in [0.2, 0.25) is 0 Å². The van der Waals surface area contributed by atoms with Crippen molar-refractivity contribution in [3.63, 3.8) is 0 Å². The molecule has 1 aromatic carbocycles. The van der Waals surface area contributed by atoms with E-state index < -0.39 is 0 Å². The Morgan fingerprint density at radius 2 is 1.94 bits per heavy atom. The minimum atomic E-state index is -0.295. The molecule has 1 fully saturated rings. The molecule has 4 nitrogen and oxygen atoms in total. The Kier molecular flexibility index (Phi) is 4.33. The average Bonchev–Trinajstić information content (AvgIpc) is 2.42. The molecule has 1 aliphatic heterocycles. The molecule has 2 atom stereocenters. The minimum absolute atomic E-state index is 0.0450. The van der Waals surface area contributed by atoms with E-state index in [0.717, 1.165) is 12.0 Å². The summed E-state index contributed by atoms with van der Waals surface area (Å²) in [5.41, 5.74) is 1.10. The van der Waals surface area contributed by atoms with E-state index in [-0.39, 0.29) is 18.2 Å². The molecule has 1 heterocycles. The molecule has 1 amide bonds. The number of rotatable bonds is 4. The molecule has 0 radical (unpaired) electrons. The summed E-state index contributed by atoms with van der Waals surface area (Å²) in [5.74, 6) is 0.124. The smallest absolute Gasteiger partial charge is 0.225 e. The number of benzene rings is 1. The maximum absolute atomic E-state index is 12.0. The highest BCUT2D eigenvalue weighted by Crippen LogP contribution is 2.23. The molecular formula is C14H19NO3. The third-order valence-electron chi connectivity index (χ3n) is 3.33. The van der Waals surface area contributed by atoms with E-state index in [1.54, 1.807) is 19.1 Å². The lowest BCUT2D eigenvalue weighted by molar-refractivity contribution is -0.173. The lowest BCUT2D eigenvalue weighted by Crippen LogP contribution is -2.52. The predicted molar refractivity (Wildman–Crippen MR) is 67.8 cm³/mol. The topological polar surface area (TPSA) is 38.8 Å². The van der Waals surface area contributed by atoms with Crippen LogP contribution in [0.25, 0.3) is 0 Å². The van der Waals surface area contributed by atoms with Crippen LogP contribution >= 0.6 is 0 Å². The van der Waals surface area contributed by atoms with Crippen molar-refractivity contribution in [1.82, 2.24) is 4.90 Å². The van der Waals surface area contributed by atoms with Crippen molar-refractivity contribution < 1.29 is 14.3 Å². The van der Waals surface area contributed by atoms with E-state index in [0.29, 0.717) is 13.0 Å². The fourth-order valence-corrected chi connectivity index (χ4v) is 2.37. The van der Waals surface area contributed by atoms with Crippen LogP contribution in [0.1, 0.15) is 18.4 Å². The fraction of sp³-hybridized carbons (Fsp3) is 0.500. The van der Waals surface area contributed by atoms with Crippen molar-refractivity contribution in [1.29, 1.82) is 0 Å². The fourth-order valence-electron chi connectivity index (χ4n) is 2.37. The Morgan fingerprint density at radius 3 is 2.56 bits per heavy atom. The maximum atomic E-state index is 12.0. The van der Waals surface area contributed by atoms with Crippen LogP contribution in [0, 0.1) is 0 Å². The molecule has 0 unspecified atom stereocenters. The summed E-state index contributed by atoms with van der Waals surface area (Å²) in [7, 11) is 3.28. The Bertz CT molecular complexity index is 393. The largest absolute Gasteiger partial charge is 0.377 e. The number of hydrogen-bond acceptors (Lipinski definition) is 3. The summed E-state index contributed by atoms with van der Waals surface area (Å²) in [6.45, 7) is 0.567. The van der Waals surface area contributed by atoms with Crippen molar-refractivity contribution in [2.75, 3.05) is 14.2 Å². The van der Waals surface area contributed by atoms with Gasteiger partial charge in [-0.25, -0.2) is 0 Å². The van der Waals surface area contributed by atoms with Crippen LogP contribution in [0.4, 0.5) is 0 Å². The van der Waals surface area contributed by atoms with Crippen LogP contribution in [0.3, 0.4) is 0 Å². The van der Waals surface area contributed by atoms with E-state index in [1.807, 2.05) is 30.3 Å². The van der Waals surface area contributed by atoms with Gasteiger partial charge in [0.25, 0.3) is 0 Å². The quantitative estimate of drug-likeness (QED) is 0.816. The van der Waals surface area contributed by atoms with Gasteiger partial charge in [0, 0.05) is 27.2 Å². The number of amides is 1. The van der Waals surface area contributed by atoms with Crippen molar-refractivity contribution in [3.05, 3.63) is 35.9 Å². The molecule has 0 bridgehead atoms. The monoisotopic (exact) mass is 249 g/mol. The zero-order valence-corrected chi connectivity index (χ0v) is 10.8. The van der Waals surface area contributed by atoms with Gasteiger partial charge < -0.3 is 14.4 Å². The first-order valence-electron chi connectivity index (χ1n) is 6.15. The SMILES string of the molecule is CO[C@@H]1CCC(=O)N(Cc2ccccc2)[C@H]1OC. The molecule has 4 heteroatoms. The van der Waals surface area contributed by atoms with Gasteiger partial charge in [0.2, 0.25) is 5.91 Å². The normalized spacial score (nSPS) is 24.3. The van der Waals surface area contributed by atoms with Gasteiger partial charge in [-0.15, -0.1) is 0 Å². The van der Waals surface area contributed by atoms with Gasteiger partial charge in [-0.1, -0.05) is 30.3 Å². The summed E-state index contributed by atoms with van der Waals surface area (Å²) in [5, 5.41) is 0. The Labute approximate surface area is 107 Å². The number of likely N-dealkylation sites (tertiary alicyclic amines) is 1. The summed E-state index contributed by atoms with van der Waals surface area (Å²) >= 11 is 0. The van der Waals surface area contributed by atoms with Crippen LogP contribution in [-0.2, 0) is 20.8 Å². The van der Waals surface area contributed by atoms with Gasteiger partial charge in [-0.05, 0) is 12.0 Å². The van der Waals surface area contributed by atoms with Gasteiger partial charge in [-0.2, -0.15) is 0 Å². The highest BCUT2D eigenvalue weighted by atomic mass is 16.5. The number of nitrogens with zero attached hydrogens (tertiary/aromatic N) is 1. The third kappa shape index (κ3) is 2.71. The Balaban J connectivity index is 2.14. The molecule has 0 aromatic heterocycles. The minimum Gasteiger partial charge on any atom is -0.377 e. The maximum Gasteiger partial charge on any atom is 0.225 e. The molecule has 1 aliphatic rings. The zero-order chi connectivity index (χ0) is 13.0. The molecule has 98 valence electrons. The molecular weight excluding hydrogens is 230 g/mol. The predicted octanol–water partition coefficient (Wildman–Crippen LogP) is 1.80. The average molecular weight is 249 g/mol. The third-order valence-corrected chi connectivity index (χ3v) is 3.33. The molecule has 0 saturated carbocycles. The van der Waals surface area contributed by atoms with Crippen molar-refractivity contribution >= 4 is 5.91 Å². The molecule has 0 N–H and O–H groups in total. The van der Waals surface area contributed by atoms with E-state index >= 15 is 0 Å². The van der Waals surface area contributed by atoms with E-state index in [2.05, 4.69) is 0 Å². The van der Waals surface area contributed by atoms with Crippen LogP contribution < -0.4 is 0 Å². The molecule has 2 rings (SSSR count). The van der Waals surface area contributed by atoms with Crippen molar-refractivity contribution in [2.24, 2.45) is 0 Å². The van der Waals surface area contributed by atoms with Gasteiger partial charge >= 0.3 is 0 Å². The summed E-state index contributed by atoms with van der Waals surface area (Å²) in [6, 6.07) is 9.93. The van der Waals surface area contributed by atoms with E-state index in [9.17, 15) is 4.79 Å². The van der Waals surface area contributed by atoms with Gasteiger partial charge in [0.05, 0.1) is 0 Å². The van der Waals surface area contributed by atoms with Crippen LogP contribution in [0.5, 0.6) is 0 Å². The summed E-state index contributed by atoms with van der Waals surface area (Å²) < 4.78 is 10.8. The summed E-state index contributed by atoms with van der Waals surface area (Å²) in [4.78, 5) is 13.8. The number of hydrogen-bond donors (Lipinski definition) is 0. The number of piperidine rings is 1. The first kappa shape index (κ1) is 13.1. The molecule has 1 aromatic rings. The number of carbonyl (C=O) groups excluding carboxylic acids is 1. The highest BCUT2D eigenvalue weighted by molar-refractivity contribution is 5.77. The lowest BCUT2D eigenvalue weighted by Gasteiger charge is -2.39. The molecule has 0 aliphatic carbocycles. The second kappa shape index (κ2) is 5.98. The molecule has 0 spiro atoms. The van der Waals surface area contributed by atoms with E-state index in [1.165, 1.54) is 0 Å². The van der Waals surface area contributed by atoms with Gasteiger partial charge in [0.1, 0.15) is 6.10 Å². The lowest BCUT2D eigenvalue weighted by atomic mass is 10.0. The highest BCUT2D eigenvalue weighted by Gasteiger charge is 2.35. The first-order valence-corrected chi connectivity index (χ1v) is 6.15. The standard InChI is InChI=1S/C14H19NO3/c1-17-12-8-9-13(16)15(14(12)18-2)10-11-6-4-3-5-7-11/h3-7,12,14H,8-10H2,1-2H3/t12-,14+/m1/s1. The van der Waals surface area contributed by atoms with Gasteiger partial charge in [0.15, 0.2) is 6.23 Å². The van der Waals surface area contributed by atoms with E-state index in [4.69, 9.17) is 9.47 Å².